The fraction of sp³-hybridized carbons (Fsp3) is 0.286. The zero-order chi connectivity index (χ0) is 14.0. The Morgan fingerprint density at radius 1 is 1.26 bits per heavy atom. The van der Waals surface area contributed by atoms with E-state index in [4.69, 9.17) is 23.2 Å². The van der Waals surface area contributed by atoms with Crippen molar-refractivity contribution < 1.29 is 0 Å². The average Bonchev–Trinajstić information content (AvgIpc) is 2.26. The maximum atomic E-state index is 11.7. The van der Waals surface area contributed by atoms with Crippen LogP contribution in [-0.2, 0) is 6.42 Å². The molecule has 5 heteroatoms. The summed E-state index contributed by atoms with van der Waals surface area (Å²) < 4.78 is 0. The third-order valence-electron chi connectivity index (χ3n) is 2.60. The number of rotatable bonds is 3. The lowest BCUT2D eigenvalue weighted by atomic mass is 10.1. The molecule has 0 saturated carbocycles. The number of benzene rings is 1. The Kier molecular flexibility index (Phi) is 4.27. The van der Waals surface area contributed by atoms with Gasteiger partial charge in [0.15, 0.2) is 0 Å². The molecule has 0 aliphatic rings. The van der Waals surface area contributed by atoms with Gasteiger partial charge < -0.3 is 4.98 Å². The lowest BCUT2D eigenvalue weighted by Crippen LogP contribution is -2.12. The lowest BCUT2D eigenvalue weighted by Gasteiger charge is -2.08. The first-order valence-corrected chi connectivity index (χ1v) is 6.77. The molecule has 0 fully saturated rings. The van der Waals surface area contributed by atoms with E-state index in [1.54, 1.807) is 18.2 Å². The second kappa shape index (κ2) is 5.76. The highest BCUT2D eigenvalue weighted by Gasteiger charge is 2.09. The molecule has 19 heavy (non-hydrogen) atoms. The van der Waals surface area contributed by atoms with E-state index in [0.717, 1.165) is 12.1 Å². The highest BCUT2D eigenvalue weighted by molar-refractivity contribution is 6.36. The summed E-state index contributed by atoms with van der Waals surface area (Å²) in [5, 5.41) is 1.02. The van der Waals surface area contributed by atoms with E-state index in [1.807, 2.05) is 0 Å². The van der Waals surface area contributed by atoms with E-state index >= 15 is 0 Å². The van der Waals surface area contributed by atoms with Gasteiger partial charge in [0, 0.05) is 22.3 Å². The fourth-order valence-electron chi connectivity index (χ4n) is 1.84. The molecule has 1 heterocycles. The number of H-pyrrole nitrogens is 1. The van der Waals surface area contributed by atoms with Gasteiger partial charge in [-0.3, -0.25) is 4.79 Å². The minimum Gasteiger partial charge on any atom is -0.306 e. The van der Waals surface area contributed by atoms with Crippen LogP contribution in [0.4, 0.5) is 0 Å². The SMILES string of the molecule is CC(C)Cc1cc(=O)[nH]c(-c2ccc(Cl)cc2Cl)n1. The number of hydrogen-bond donors (Lipinski definition) is 1. The van der Waals surface area contributed by atoms with E-state index in [0.29, 0.717) is 27.4 Å². The van der Waals surface area contributed by atoms with Gasteiger partial charge in [0.2, 0.25) is 0 Å². The van der Waals surface area contributed by atoms with Crippen molar-refractivity contribution in [3.63, 3.8) is 0 Å². The number of halogens is 2. The summed E-state index contributed by atoms with van der Waals surface area (Å²) in [7, 11) is 0. The Hall–Kier alpha value is -1.32. The van der Waals surface area contributed by atoms with Gasteiger partial charge in [-0.15, -0.1) is 0 Å². The Morgan fingerprint density at radius 2 is 2.00 bits per heavy atom. The molecular formula is C14H14Cl2N2O. The first-order chi connectivity index (χ1) is 8.95. The van der Waals surface area contributed by atoms with Gasteiger partial charge in [-0.2, -0.15) is 0 Å². The zero-order valence-corrected chi connectivity index (χ0v) is 12.2. The van der Waals surface area contributed by atoms with Crippen molar-refractivity contribution in [1.29, 1.82) is 0 Å². The first-order valence-electron chi connectivity index (χ1n) is 6.01. The van der Waals surface area contributed by atoms with Crippen LogP contribution in [0, 0.1) is 5.92 Å². The molecule has 0 bridgehead atoms. The standard InChI is InChI=1S/C14H14Cl2N2O/c1-8(2)5-10-7-13(19)18-14(17-10)11-4-3-9(15)6-12(11)16/h3-4,6-8H,5H2,1-2H3,(H,17,18,19). The van der Waals surface area contributed by atoms with Crippen LogP contribution < -0.4 is 5.56 Å². The quantitative estimate of drug-likeness (QED) is 0.932. The smallest absolute Gasteiger partial charge is 0.251 e. The average molecular weight is 297 g/mol. The van der Waals surface area contributed by atoms with Crippen molar-refractivity contribution in [2.45, 2.75) is 20.3 Å². The normalized spacial score (nSPS) is 11.0. The van der Waals surface area contributed by atoms with Crippen molar-refractivity contribution in [2.24, 2.45) is 5.92 Å². The van der Waals surface area contributed by atoms with Gasteiger partial charge >= 0.3 is 0 Å². The largest absolute Gasteiger partial charge is 0.306 e. The number of aromatic nitrogens is 2. The highest BCUT2D eigenvalue weighted by Crippen LogP contribution is 2.27. The molecule has 1 aromatic carbocycles. The Balaban J connectivity index is 2.50. The molecule has 100 valence electrons. The molecule has 0 radical (unpaired) electrons. The summed E-state index contributed by atoms with van der Waals surface area (Å²) in [5.74, 6) is 0.910. The first kappa shape index (κ1) is 14.1. The summed E-state index contributed by atoms with van der Waals surface area (Å²) in [6, 6.07) is 6.63. The molecule has 0 saturated heterocycles. The van der Waals surface area contributed by atoms with Crippen LogP contribution in [0.1, 0.15) is 19.5 Å². The van der Waals surface area contributed by atoms with Crippen LogP contribution in [0.15, 0.2) is 29.1 Å². The molecular weight excluding hydrogens is 283 g/mol. The van der Waals surface area contributed by atoms with Crippen LogP contribution in [0.5, 0.6) is 0 Å². The molecule has 0 amide bonds. The Bertz CT molecular complexity index is 650. The number of nitrogens with one attached hydrogen (secondary N) is 1. The zero-order valence-electron chi connectivity index (χ0n) is 10.7. The maximum Gasteiger partial charge on any atom is 0.251 e. The van der Waals surface area contributed by atoms with Crippen LogP contribution in [-0.4, -0.2) is 9.97 Å². The van der Waals surface area contributed by atoms with Crippen LogP contribution in [0.2, 0.25) is 10.0 Å². The molecule has 2 aromatic rings. The minimum absolute atomic E-state index is 0.174. The number of hydrogen-bond acceptors (Lipinski definition) is 2. The van der Waals surface area contributed by atoms with E-state index in [1.165, 1.54) is 6.07 Å². The van der Waals surface area contributed by atoms with Crippen LogP contribution in [0.25, 0.3) is 11.4 Å². The van der Waals surface area contributed by atoms with Crippen molar-refractivity contribution in [2.75, 3.05) is 0 Å². The highest BCUT2D eigenvalue weighted by atomic mass is 35.5. The van der Waals surface area contributed by atoms with Gasteiger partial charge in [-0.05, 0) is 30.5 Å². The minimum atomic E-state index is -0.174. The van der Waals surface area contributed by atoms with Crippen molar-refractivity contribution in [1.82, 2.24) is 9.97 Å². The van der Waals surface area contributed by atoms with Crippen molar-refractivity contribution in [3.8, 4) is 11.4 Å². The summed E-state index contributed by atoms with van der Waals surface area (Å²) in [6.07, 6.45) is 0.752. The molecule has 1 aromatic heterocycles. The second-order valence-corrected chi connectivity index (χ2v) is 5.65. The van der Waals surface area contributed by atoms with E-state index < -0.39 is 0 Å². The van der Waals surface area contributed by atoms with Crippen molar-refractivity contribution in [3.05, 3.63) is 50.4 Å². The van der Waals surface area contributed by atoms with E-state index in [2.05, 4.69) is 23.8 Å². The van der Waals surface area contributed by atoms with E-state index in [9.17, 15) is 4.79 Å². The Morgan fingerprint density at radius 3 is 2.63 bits per heavy atom. The monoisotopic (exact) mass is 296 g/mol. The predicted molar refractivity (Wildman–Crippen MR) is 78.9 cm³/mol. The molecule has 0 spiro atoms. The molecule has 0 unspecified atom stereocenters. The summed E-state index contributed by atoms with van der Waals surface area (Å²) in [5.41, 5.74) is 1.26. The summed E-state index contributed by atoms with van der Waals surface area (Å²) >= 11 is 12.0. The van der Waals surface area contributed by atoms with Crippen LogP contribution >= 0.6 is 23.2 Å². The third kappa shape index (κ3) is 3.58. The second-order valence-electron chi connectivity index (χ2n) is 4.81. The molecule has 3 nitrogen and oxygen atoms in total. The van der Waals surface area contributed by atoms with Gasteiger partial charge in [0.25, 0.3) is 5.56 Å². The lowest BCUT2D eigenvalue weighted by molar-refractivity contribution is 0.634. The van der Waals surface area contributed by atoms with Crippen LogP contribution in [0.3, 0.4) is 0 Å². The maximum absolute atomic E-state index is 11.7. The van der Waals surface area contributed by atoms with Gasteiger partial charge in [-0.25, -0.2) is 4.98 Å². The van der Waals surface area contributed by atoms with Crippen molar-refractivity contribution >= 4 is 23.2 Å². The molecule has 0 aliphatic carbocycles. The molecule has 2 rings (SSSR count). The van der Waals surface area contributed by atoms with Gasteiger partial charge in [-0.1, -0.05) is 37.0 Å². The topological polar surface area (TPSA) is 45.8 Å². The molecule has 0 aliphatic heterocycles. The molecule has 0 atom stereocenters. The molecule has 1 N–H and O–H groups in total. The number of aromatic amines is 1. The summed E-state index contributed by atoms with van der Waals surface area (Å²) in [6.45, 7) is 4.16. The fourth-order valence-corrected chi connectivity index (χ4v) is 2.34. The predicted octanol–water partition coefficient (Wildman–Crippen LogP) is 3.94. The summed E-state index contributed by atoms with van der Waals surface area (Å²) in [4.78, 5) is 18.8. The van der Waals surface area contributed by atoms with Gasteiger partial charge in [0.05, 0.1) is 5.02 Å². The Labute approximate surface area is 121 Å². The third-order valence-corrected chi connectivity index (χ3v) is 3.15. The van der Waals surface area contributed by atoms with Gasteiger partial charge in [0.1, 0.15) is 5.82 Å². The van der Waals surface area contributed by atoms with E-state index in [-0.39, 0.29) is 5.56 Å². The number of nitrogens with zero attached hydrogens (tertiary/aromatic N) is 1.